The van der Waals surface area contributed by atoms with E-state index in [9.17, 15) is 9.59 Å². The van der Waals surface area contributed by atoms with Gasteiger partial charge >= 0.3 is 5.97 Å². The van der Waals surface area contributed by atoms with E-state index in [1.165, 1.54) is 0 Å². The molecule has 1 aromatic rings. The van der Waals surface area contributed by atoms with Crippen LogP contribution in [0.25, 0.3) is 0 Å². The molecule has 1 amide bonds. The molecule has 5 heteroatoms. The Kier molecular flexibility index (Phi) is 3.08. The third-order valence-electron chi connectivity index (χ3n) is 2.91. The summed E-state index contributed by atoms with van der Waals surface area (Å²) in [4.78, 5) is 28.1. The minimum atomic E-state index is -0.900. The second-order valence-electron chi connectivity index (χ2n) is 4.32. The highest BCUT2D eigenvalue weighted by molar-refractivity contribution is 5.86. The summed E-state index contributed by atoms with van der Waals surface area (Å²) in [5.41, 5.74) is 1.85. The molecule has 90 valence electrons. The monoisotopic (exact) mass is 234 g/mol. The number of carbonyl (C=O) groups is 2. The third kappa shape index (κ3) is 2.61. The molecule has 1 atom stereocenters. The molecule has 5 nitrogen and oxygen atoms in total. The van der Waals surface area contributed by atoms with Crippen molar-refractivity contribution in [3.05, 3.63) is 29.6 Å². The van der Waals surface area contributed by atoms with Crippen LogP contribution in [-0.2, 0) is 16.1 Å². The van der Waals surface area contributed by atoms with Crippen molar-refractivity contribution in [2.45, 2.75) is 19.9 Å². The van der Waals surface area contributed by atoms with Crippen molar-refractivity contribution in [2.24, 2.45) is 5.92 Å². The predicted molar refractivity (Wildman–Crippen MR) is 60.1 cm³/mol. The van der Waals surface area contributed by atoms with Crippen molar-refractivity contribution in [3.63, 3.8) is 0 Å². The Labute approximate surface area is 99.1 Å². The van der Waals surface area contributed by atoms with Gasteiger partial charge in [0.2, 0.25) is 5.91 Å². The lowest BCUT2D eigenvalue weighted by molar-refractivity contribution is -0.141. The van der Waals surface area contributed by atoms with Gasteiger partial charge in [-0.3, -0.25) is 14.6 Å². The summed E-state index contributed by atoms with van der Waals surface area (Å²) in [6, 6.07) is 3.79. The quantitative estimate of drug-likeness (QED) is 0.840. The molecule has 2 heterocycles. The van der Waals surface area contributed by atoms with Gasteiger partial charge in [-0.15, -0.1) is 0 Å². The molecular formula is C12H14N2O3. The van der Waals surface area contributed by atoms with Crippen molar-refractivity contribution in [2.75, 3.05) is 6.54 Å². The second kappa shape index (κ2) is 4.53. The molecule has 0 radical (unpaired) electrons. The Morgan fingerprint density at radius 1 is 1.59 bits per heavy atom. The highest BCUT2D eigenvalue weighted by Gasteiger charge is 2.33. The standard InChI is InChI=1S/C12H14N2O3/c1-8-2-3-9(5-13-8)6-14-7-10(12(16)17)4-11(14)15/h2-3,5,10H,4,6-7H2,1H3,(H,16,17). The zero-order valence-electron chi connectivity index (χ0n) is 9.59. The average molecular weight is 234 g/mol. The van der Waals surface area contributed by atoms with Gasteiger partial charge in [0.15, 0.2) is 0 Å². The van der Waals surface area contributed by atoms with Gasteiger partial charge in [0.25, 0.3) is 0 Å². The molecule has 0 saturated carbocycles. The van der Waals surface area contributed by atoms with E-state index in [0.29, 0.717) is 13.1 Å². The van der Waals surface area contributed by atoms with Crippen molar-refractivity contribution >= 4 is 11.9 Å². The molecule has 0 aromatic carbocycles. The van der Waals surface area contributed by atoms with Gasteiger partial charge in [0, 0.05) is 31.4 Å². The summed E-state index contributed by atoms with van der Waals surface area (Å²) in [6.45, 7) is 2.63. The molecule has 17 heavy (non-hydrogen) atoms. The number of rotatable bonds is 3. The first-order chi connectivity index (χ1) is 8.06. The summed E-state index contributed by atoms with van der Waals surface area (Å²) in [5.74, 6) is -1.57. The topological polar surface area (TPSA) is 70.5 Å². The van der Waals surface area contributed by atoms with Crippen molar-refractivity contribution in [1.29, 1.82) is 0 Å². The molecule has 1 unspecified atom stereocenters. The van der Waals surface area contributed by atoms with Crippen molar-refractivity contribution in [1.82, 2.24) is 9.88 Å². The van der Waals surface area contributed by atoms with Gasteiger partial charge in [-0.25, -0.2) is 0 Å². The fraction of sp³-hybridized carbons (Fsp3) is 0.417. The molecule has 1 N–H and O–H groups in total. The molecule has 0 bridgehead atoms. The van der Waals surface area contributed by atoms with Crippen LogP contribution in [0.3, 0.4) is 0 Å². The summed E-state index contributed by atoms with van der Waals surface area (Å²) >= 11 is 0. The normalized spacial score (nSPS) is 19.7. The molecule has 1 fully saturated rings. The van der Waals surface area contributed by atoms with E-state index in [1.807, 2.05) is 19.1 Å². The van der Waals surface area contributed by atoms with Gasteiger partial charge in [-0.1, -0.05) is 6.07 Å². The molecule has 1 aliphatic rings. The predicted octanol–water partition coefficient (Wildman–Crippen LogP) is 0.823. The van der Waals surface area contributed by atoms with Gasteiger partial charge in [-0.2, -0.15) is 0 Å². The fourth-order valence-corrected chi connectivity index (χ4v) is 1.90. The first kappa shape index (κ1) is 11.6. The zero-order chi connectivity index (χ0) is 12.4. The number of hydrogen-bond acceptors (Lipinski definition) is 3. The van der Waals surface area contributed by atoms with Gasteiger partial charge in [0.05, 0.1) is 5.92 Å². The van der Waals surface area contributed by atoms with Gasteiger partial charge < -0.3 is 10.0 Å². The highest BCUT2D eigenvalue weighted by Crippen LogP contribution is 2.20. The van der Waals surface area contributed by atoms with Crippen LogP contribution < -0.4 is 0 Å². The summed E-state index contributed by atoms with van der Waals surface area (Å²) < 4.78 is 0. The largest absolute Gasteiger partial charge is 0.481 e. The maximum absolute atomic E-state index is 11.6. The van der Waals surface area contributed by atoms with E-state index in [0.717, 1.165) is 11.3 Å². The Balaban J connectivity index is 2.02. The molecule has 1 aromatic heterocycles. The summed E-state index contributed by atoms with van der Waals surface area (Å²) in [7, 11) is 0. The Morgan fingerprint density at radius 3 is 2.88 bits per heavy atom. The smallest absolute Gasteiger partial charge is 0.308 e. The van der Waals surface area contributed by atoms with Crippen LogP contribution in [0, 0.1) is 12.8 Å². The van der Waals surface area contributed by atoms with E-state index in [2.05, 4.69) is 4.98 Å². The van der Waals surface area contributed by atoms with Crippen LogP contribution in [0.1, 0.15) is 17.7 Å². The number of hydrogen-bond donors (Lipinski definition) is 1. The number of amides is 1. The molecule has 1 aliphatic heterocycles. The number of carbonyl (C=O) groups excluding carboxylic acids is 1. The maximum Gasteiger partial charge on any atom is 0.308 e. The number of pyridine rings is 1. The molecule has 0 spiro atoms. The second-order valence-corrected chi connectivity index (χ2v) is 4.32. The van der Waals surface area contributed by atoms with Crippen LogP contribution in [0.15, 0.2) is 18.3 Å². The SMILES string of the molecule is Cc1ccc(CN2CC(C(=O)O)CC2=O)cn1. The van der Waals surface area contributed by atoms with E-state index in [-0.39, 0.29) is 12.3 Å². The number of aryl methyl sites for hydroxylation is 1. The number of carboxylic acid groups (broad SMARTS) is 1. The van der Waals surface area contributed by atoms with E-state index >= 15 is 0 Å². The number of nitrogens with zero attached hydrogens (tertiary/aromatic N) is 2. The maximum atomic E-state index is 11.6. The minimum Gasteiger partial charge on any atom is -0.481 e. The summed E-state index contributed by atoms with van der Waals surface area (Å²) in [6.07, 6.45) is 1.82. The van der Waals surface area contributed by atoms with E-state index in [4.69, 9.17) is 5.11 Å². The lowest BCUT2D eigenvalue weighted by Crippen LogP contribution is -2.25. The number of carboxylic acids is 1. The van der Waals surface area contributed by atoms with Crippen LogP contribution in [0.4, 0.5) is 0 Å². The minimum absolute atomic E-state index is 0.0991. The van der Waals surface area contributed by atoms with Crippen LogP contribution in [0.5, 0.6) is 0 Å². The van der Waals surface area contributed by atoms with Gasteiger partial charge in [0.1, 0.15) is 0 Å². The van der Waals surface area contributed by atoms with Crippen molar-refractivity contribution < 1.29 is 14.7 Å². The lowest BCUT2D eigenvalue weighted by Gasteiger charge is -2.15. The van der Waals surface area contributed by atoms with E-state index < -0.39 is 11.9 Å². The van der Waals surface area contributed by atoms with E-state index in [1.54, 1.807) is 11.1 Å². The molecule has 2 rings (SSSR count). The lowest BCUT2D eigenvalue weighted by atomic mass is 10.1. The Bertz CT molecular complexity index is 442. The highest BCUT2D eigenvalue weighted by atomic mass is 16.4. The van der Waals surface area contributed by atoms with Crippen LogP contribution in [-0.4, -0.2) is 33.4 Å². The first-order valence-corrected chi connectivity index (χ1v) is 5.48. The molecule has 0 aliphatic carbocycles. The number of aromatic nitrogens is 1. The molecule has 1 saturated heterocycles. The third-order valence-corrected chi connectivity index (χ3v) is 2.91. The Hall–Kier alpha value is -1.91. The Morgan fingerprint density at radius 2 is 2.35 bits per heavy atom. The van der Waals surface area contributed by atoms with Crippen LogP contribution in [0.2, 0.25) is 0 Å². The average Bonchev–Trinajstić information content (AvgIpc) is 2.64. The fourth-order valence-electron chi connectivity index (χ4n) is 1.90. The molecular weight excluding hydrogens is 220 g/mol. The zero-order valence-corrected chi connectivity index (χ0v) is 9.59. The summed E-state index contributed by atoms with van der Waals surface area (Å²) in [5, 5.41) is 8.86. The first-order valence-electron chi connectivity index (χ1n) is 5.48. The van der Waals surface area contributed by atoms with Crippen LogP contribution >= 0.6 is 0 Å². The number of likely N-dealkylation sites (tertiary alicyclic amines) is 1. The number of aliphatic carboxylic acids is 1. The van der Waals surface area contributed by atoms with Gasteiger partial charge in [-0.05, 0) is 18.6 Å². The van der Waals surface area contributed by atoms with Crippen molar-refractivity contribution in [3.8, 4) is 0 Å².